The summed E-state index contributed by atoms with van der Waals surface area (Å²) in [5.41, 5.74) is 2.66. The second-order valence-electron chi connectivity index (χ2n) is 5.96. The highest BCUT2D eigenvalue weighted by molar-refractivity contribution is 5.49. The maximum Gasteiger partial charge on any atom is 0.0446 e. The van der Waals surface area contributed by atoms with Gasteiger partial charge in [-0.05, 0) is 44.9 Å². The first-order valence-corrected chi connectivity index (χ1v) is 6.70. The van der Waals surface area contributed by atoms with Gasteiger partial charge in [0.2, 0.25) is 0 Å². The van der Waals surface area contributed by atoms with Crippen LogP contribution >= 0.6 is 0 Å². The van der Waals surface area contributed by atoms with Gasteiger partial charge in [0.15, 0.2) is 0 Å². The van der Waals surface area contributed by atoms with Crippen LogP contribution < -0.4 is 10.2 Å². The molecule has 1 aromatic rings. The van der Waals surface area contributed by atoms with Gasteiger partial charge in [-0.15, -0.1) is 0 Å². The minimum absolute atomic E-state index is 0.0852. The molecule has 1 aromatic carbocycles. The molecule has 2 N–H and O–H groups in total. The summed E-state index contributed by atoms with van der Waals surface area (Å²) in [4.78, 5) is 2.42. The van der Waals surface area contributed by atoms with Crippen LogP contribution in [0.4, 0.5) is 5.69 Å². The van der Waals surface area contributed by atoms with Crippen molar-refractivity contribution in [3.63, 3.8) is 0 Å². The third-order valence-electron chi connectivity index (χ3n) is 3.47. The fourth-order valence-corrected chi connectivity index (χ4v) is 2.79. The van der Waals surface area contributed by atoms with Gasteiger partial charge in [0.25, 0.3) is 0 Å². The third-order valence-corrected chi connectivity index (χ3v) is 3.47. The van der Waals surface area contributed by atoms with Crippen molar-refractivity contribution in [1.82, 2.24) is 5.32 Å². The van der Waals surface area contributed by atoms with Crippen molar-refractivity contribution < 1.29 is 5.11 Å². The number of benzene rings is 1. The molecule has 0 saturated carbocycles. The highest BCUT2D eigenvalue weighted by Gasteiger charge is 2.31. The summed E-state index contributed by atoms with van der Waals surface area (Å²) in [6, 6.07) is 9.00. The molecule has 1 unspecified atom stereocenters. The van der Waals surface area contributed by atoms with Gasteiger partial charge in [0, 0.05) is 37.0 Å². The molecule has 0 aliphatic carbocycles. The van der Waals surface area contributed by atoms with Gasteiger partial charge < -0.3 is 15.3 Å². The Hall–Kier alpha value is -1.06. The number of aryl methyl sites for hydroxylation is 1. The summed E-state index contributed by atoms with van der Waals surface area (Å²) in [6.45, 7) is 8.78. The molecular formula is C15H24N2O. The molecule has 0 aromatic heterocycles. The maximum absolute atomic E-state index is 9.13. The fourth-order valence-electron chi connectivity index (χ4n) is 2.79. The van der Waals surface area contributed by atoms with E-state index >= 15 is 0 Å². The van der Waals surface area contributed by atoms with Crippen molar-refractivity contribution in [1.29, 1.82) is 0 Å². The van der Waals surface area contributed by atoms with Crippen LogP contribution in [0.15, 0.2) is 24.3 Å². The number of hydrogen-bond donors (Lipinski definition) is 2. The molecule has 0 spiro atoms. The SMILES string of the molecule is Cc1cccc(N2CC(CCO)NC(C)(C)C2)c1. The number of aliphatic hydroxyl groups is 1. The summed E-state index contributed by atoms with van der Waals surface area (Å²) in [5.74, 6) is 0. The van der Waals surface area contributed by atoms with Crippen LogP contribution in [0.2, 0.25) is 0 Å². The largest absolute Gasteiger partial charge is 0.396 e. The van der Waals surface area contributed by atoms with Crippen LogP contribution in [0, 0.1) is 6.92 Å². The number of rotatable bonds is 3. The Labute approximate surface area is 110 Å². The molecule has 0 radical (unpaired) electrons. The van der Waals surface area contributed by atoms with Crippen molar-refractivity contribution in [2.75, 3.05) is 24.6 Å². The van der Waals surface area contributed by atoms with E-state index in [0.717, 1.165) is 19.5 Å². The third kappa shape index (κ3) is 3.24. The Bertz CT molecular complexity index is 403. The molecular weight excluding hydrogens is 224 g/mol. The first-order chi connectivity index (χ1) is 8.50. The van der Waals surface area contributed by atoms with Crippen molar-refractivity contribution in [2.45, 2.75) is 38.8 Å². The van der Waals surface area contributed by atoms with Gasteiger partial charge in [-0.25, -0.2) is 0 Å². The molecule has 1 atom stereocenters. The van der Waals surface area contributed by atoms with E-state index in [2.05, 4.69) is 55.3 Å². The fraction of sp³-hybridized carbons (Fsp3) is 0.600. The van der Waals surface area contributed by atoms with Crippen LogP contribution in [-0.4, -0.2) is 36.4 Å². The smallest absolute Gasteiger partial charge is 0.0446 e. The number of nitrogens with zero attached hydrogens (tertiary/aromatic N) is 1. The predicted molar refractivity (Wildman–Crippen MR) is 76.1 cm³/mol. The topological polar surface area (TPSA) is 35.5 Å². The van der Waals surface area contributed by atoms with Gasteiger partial charge >= 0.3 is 0 Å². The van der Waals surface area contributed by atoms with Gasteiger partial charge in [0.1, 0.15) is 0 Å². The predicted octanol–water partition coefficient (Wildman–Crippen LogP) is 1.93. The number of hydrogen-bond acceptors (Lipinski definition) is 3. The van der Waals surface area contributed by atoms with E-state index in [1.807, 2.05) is 0 Å². The normalized spacial score (nSPS) is 23.1. The summed E-state index contributed by atoms with van der Waals surface area (Å²) < 4.78 is 0. The molecule has 0 bridgehead atoms. The Kier molecular flexibility index (Phi) is 3.93. The molecule has 3 nitrogen and oxygen atoms in total. The van der Waals surface area contributed by atoms with E-state index in [4.69, 9.17) is 5.11 Å². The van der Waals surface area contributed by atoms with Crippen LogP contribution in [0.3, 0.4) is 0 Å². The summed E-state index contributed by atoms with van der Waals surface area (Å²) >= 11 is 0. The Morgan fingerprint density at radius 1 is 1.44 bits per heavy atom. The Morgan fingerprint density at radius 2 is 2.22 bits per heavy atom. The lowest BCUT2D eigenvalue weighted by Gasteiger charge is -2.45. The monoisotopic (exact) mass is 248 g/mol. The van der Waals surface area contributed by atoms with Crippen LogP contribution in [0.1, 0.15) is 25.8 Å². The van der Waals surface area contributed by atoms with Gasteiger partial charge in [-0.2, -0.15) is 0 Å². The van der Waals surface area contributed by atoms with Crippen molar-refractivity contribution in [2.24, 2.45) is 0 Å². The molecule has 0 amide bonds. The standard InChI is InChI=1S/C15H24N2O/c1-12-5-4-6-14(9-12)17-10-13(7-8-18)16-15(2,3)11-17/h4-6,9,13,16,18H,7-8,10-11H2,1-3H3. The average Bonchev–Trinajstić information content (AvgIpc) is 2.27. The molecule has 2 rings (SSSR count). The molecule has 3 heteroatoms. The van der Waals surface area contributed by atoms with E-state index in [-0.39, 0.29) is 12.1 Å². The summed E-state index contributed by atoms with van der Waals surface area (Å²) in [5, 5.41) is 12.7. The van der Waals surface area contributed by atoms with Crippen molar-refractivity contribution in [3.8, 4) is 0 Å². The first kappa shape index (κ1) is 13.4. The molecule has 1 saturated heterocycles. The molecule has 18 heavy (non-hydrogen) atoms. The lowest BCUT2D eigenvalue weighted by molar-refractivity contribution is 0.224. The Balaban J connectivity index is 2.16. The molecule has 100 valence electrons. The molecule has 1 aliphatic rings. The zero-order chi connectivity index (χ0) is 13.2. The average molecular weight is 248 g/mol. The summed E-state index contributed by atoms with van der Waals surface area (Å²) in [6.07, 6.45) is 0.811. The second kappa shape index (κ2) is 5.29. The van der Waals surface area contributed by atoms with Crippen LogP contribution in [0.5, 0.6) is 0 Å². The zero-order valence-corrected chi connectivity index (χ0v) is 11.6. The number of piperazine rings is 1. The quantitative estimate of drug-likeness (QED) is 0.858. The maximum atomic E-state index is 9.13. The lowest BCUT2D eigenvalue weighted by Crippen LogP contribution is -2.62. The summed E-state index contributed by atoms with van der Waals surface area (Å²) in [7, 11) is 0. The van der Waals surface area contributed by atoms with Gasteiger partial charge in [-0.3, -0.25) is 0 Å². The van der Waals surface area contributed by atoms with E-state index in [0.29, 0.717) is 6.04 Å². The molecule has 1 heterocycles. The minimum atomic E-state index is 0.0852. The van der Waals surface area contributed by atoms with Gasteiger partial charge in [0.05, 0.1) is 0 Å². The van der Waals surface area contributed by atoms with Crippen LogP contribution in [-0.2, 0) is 0 Å². The Morgan fingerprint density at radius 3 is 2.89 bits per heavy atom. The van der Waals surface area contributed by atoms with Gasteiger partial charge in [-0.1, -0.05) is 12.1 Å². The highest BCUT2D eigenvalue weighted by atomic mass is 16.3. The van der Waals surface area contributed by atoms with E-state index < -0.39 is 0 Å². The lowest BCUT2D eigenvalue weighted by atomic mass is 9.96. The highest BCUT2D eigenvalue weighted by Crippen LogP contribution is 2.23. The van der Waals surface area contributed by atoms with E-state index in [1.54, 1.807) is 0 Å². The van der Waals surface area contributed by atoms with Crippen molar-refractivity contribution in [3.05, 3.63) is 29.8 Å². The van der Waals surface area contributed by atoms with Crippen LogP contribution in [0.25, 0.3) is 0 Å². The molecule has 1 aliphatic heterocycles. The van der Waals surface area contributed by atoms with E-state index in [1.165, 1.54) is 11.3 Å². The number of aliphatic hydroxyl groups excluding tert-OH is 1. The van der Waals surface area contributed by atoms with E-state index in [9.17, 15) is 0 Å². The zero-order valence-electron chi connectivity index (χ0n) is 11.6. The first-order valence-electron chi connectivity index (χ1n) is 6.70. The number of anilines is 1. The second-order valence-corrected chi connectivity index (χ2v) is 5.96. The number of nitrogens with one attached hydrogen (secondary N) is 1. The van der Waals surface area contributed by atoms with Crippen molar-refractivity contribution >= 4 is 5.69 Å². The molecule has 1 fully saturated rings. The minimum Gasteiger partial charge on any atom is -0.396 e.